The van der Waals surface area contributed by atoms with Crippen molar-refractivity contribution in [1.29, 1.82) is 0 Å². The fourth-order valence-corrected chi connectivity index (χ4v) is 5.15. The monoisotopic (exact) mass is 515 g/mol. The van der Waals surface area contributed by atoms with E-state index in [1.165, 1.54) is 35.5 Å². The lowest BCUT2D eigenvalue weighted by atomic mass is 10.4. The zero-order valence-electron chi connectivity index (χ0n) is 18.2. The molecule has 0 radical (unpaired) electrons. The molecule has 0 N–H and O–H groups in total. The predicted octanol–water partition coefficient (Wildman–Crippen LogP) is 7.35. The normalized spacial score (nSPS) is 10.7. The molecule has 3 rings (SSSR count). The van der Waals surface area contributed by atoms with Crippen LogP contribution in [0.2, 0.25) is 0 Å². The van der Waals surface area contributed by atoms with Gasteiger partial charge in [0.25, 0.3) is 3.25 Å². The topological polar surface area (TPSA) is 3.24 Å². The Morgan fingerprint density at radius 3 is 0.935 bits per heavy atom. The van der Waals surface area contributed by atoms with Gasteiger partial charge in [-0.2, -0.15) is 0 Å². The first-order valence-corrected chi connectivity index (χ1v) is 13.1. The predicted molar refractivity (Wildman–Crippen MR) is 145 cm³/mol. The van der Waals surface area contributed by atoms with Gasteiger partial charge in [0, 0.05) is 0 Å². The largest absolute Gasteiger partial charge is 0.304 e. The van der Waals surface area contributed by atoms with Gasteiger partial charge in [0.05, 0.1) is 0 Å². The lowest BCUT2D eigenvalue weighted by Crippen LogP contribution is -2.21. The van der Waals surface area contributed by atoms with Crippen molar-refractivity contribution in [3.63, 3.8) is 0 Å². The SMILES string of the molecule is CCN(CC)CC.ClC(Cl)(Cl)Cl.c1ccc(P(c2ccccc2)c2ccccc2)cc1. The number of benzene rings is 3. The molecule has 1 nitrogen and oxygen atoms in total. The molecule has 0 heterocycles. The quantitative estimate of drug-likeness (QED) is 0.244. The maximum absolute atomic E-state index is 4.83. The average molecular weight is 517 g/mol. The Hall–Kier alpha value is -0.790. The van der Waals surface area contributed by atoms with Gasteiger partial charge in [-0.1, -0.05) is 158 Å². The molecule has 31 heavy (non-hydrogen) atoms. The highest BCUT2D eigenvalue weighted by Gasteiger charge is 2.15. The zero-order chi connectivity index (χ0) is 23.1. The van der Waals surface area contributed by atoms with Crippen LogP contribution in [0, 0.1) is 0 Å². The molecule has 0 aromatic heterocycles. The molecule has 0 atom stereocenters. The molecule has 0 aliphatic rings. The summed E-state index contributed by atoms with van der Waals surface area (Å²) in [5, 5.41) is 4.19. The second-order valence-electron chi connectivity index (χ2n) is 6.39. The van der Waals surface area contributed by atoms with E-state index in [-0.39, 0.29) is 0 Å². The molecular weight excluding hydrogens is 487 g/mol. The van der Waals surface area contributed by atoms with Crippen molar-refractivity contribution < 1.29 is 0 Å². The number of hydrogen-bond donors (Lipinski definition) is 0. The molecule has 0 spiro atoms. The van der Waals surface area contributed by atoms with Gasteiger partial charge >= 0.3 is 0 Å². The van der Waals surface area contributed by atoms with E-state index in [2.05, 4.69) is 117 Å². The minimum absolute atomic E-state index is 0.446. The van der Waals surface area contributed by atoms with E-state index in [0.717, 1.165) is 0 Å². The second-order valence-corrected chi connectivity index (χ2v) is 12.0. The molecule has 0 saturated carbocycles. The van der Waals surface area contributed by atoms with Crippen LogP contribution in [0.3, 0.4) is 0 Å². The van der Waals surface area contributed by atoms with Gasteiger partial charge < -0.3 is 4.90 Å². The molecule has 6 heteroatoms. The summed E-state index contributed by atoms with van der Waals surface area (Å²) in [7, 11) is -0.446. The van der Waals surface area contributed by atoms with E-state index >= 15 is 0 Å². The number of rotatable bonds is 6. The van der Waals surface area contributed by atoms with Crippen molar-refractivity contribution in [2.24, 2.45) is 0 Å². The summed E-state index contributed by atoms with van der Waals surface area (Å²) in [6.45, 7) is 10.1. The molecule has 0 fully saturated rings. The van der Waals surface area contributed by atoms with Crippen molar-refractivity contribution in [3.8, 4) is 0 Å². The smallest absolute Gasteiger partial charge is 0.266 e. The van der Waals surface area contributed by atoms with E-state index < -0.39 is 11.2 Å². The molecular formula is C25H30Cl4NP. The Bertz CT molecular complexity index is 702. The highest BCUT2D eigenvalue weighted by atomic mass is 35.6. The number of alkyl halides is 4. The Morgan fingerprint density at radius 2 is 0.774 bits per heavy atom. The lowest BCUT2D eigenvalue weighted by molar-refractivity contribution is 0.321. The van der Waals surface area contributed by atoms with Crippen LogP contribution in [0.1, 0.15) is 20.8 Å². The third-order valence-corrected chi connectivity index (χ3v) is 6.83. The molecule has 0 aliphatic carbocycles. The van der Waals surface area contributed by atoms with Crippen LogP contribution in [0.5, 0.6) is 0 Å². The van der Waals surface area contributed by atoms with Crippen LogP contribution < -0.4 is 15.9 Å². The third-order valence-electron chi connectivity index (χ3n) is 4.38. The Morgan fingerprint density at radius 1 is 0.548 bits per heavy atom. The molecule has 0 bridgehead atoms. The Kier molecular flexibility index (Phi) is 14.5. The first-order valence-electron chi connectivity index (χ1n) is 10.2. The van der Waals surface area contributed by atoms with Gasteiger partial charge in [-0.3, -0.25) is 0 Å². The summed E-state index contributed by atoms with van der Waals surface area (Å²) in [4.78, 5) is 2.38. The van der Waals surface area contributed by atoms with E-state index in [9.17, 15) is 0 Å². The minimum atomic E-state index is -1.61. The number of halogens is 4. The van der Waals surface area contributed by atoms with Crippen LogP contribution >= 0.6 is 54.3 Å². The first kappa shape index (κ1) is 28.2. The van der Waals surface area contributed by atoms with Crippen molar-refractivity contribution in [1.82, 2.24) is 4.90 Å². The number of hydrogen-bond acceptors (Lipinski definition) is 1. The second kappa shape index (κ2) is 15.9. The van der Waals surface area contributed by atoms with Gasteiger partial charge in [0.15, 0.2) is 0 Å². The van der Waals surface area contributed by atoms with Gasteiger partial charge in [-0.25, -0.2) is 0 Å². The van der Waals surface area contributed by atoms with E-state index in [4.69, 9.17) is 46.4 Å². The van der Waals surface area contributed by atoms with E-state index in [1.807, 2.05) is 0 Å². The summed E-state index contributed by atoms with van der Waals surface area (Å²) < 4.78 is -1.61. The summed E-state index contributed by atoms with van der Waals surface area (Å²) in [5.74, 6) is 0. The van der Waals surface area contributed by atoms with Crippen LogP contribution in [0.4, 0.5) is 0 Å². The standard InChI is InChI=1S/C18H15P.C6H15N.CCl4/c1-4-10-16(11-5-1)19(17-12-6-2-7-13-17)18-14-8-3-9-15-18;1-4-7(5-2)6-3;2-1(3,4)5/h1-15H;4-6H2,1-3H3;. The van der Waals surface area contributed by atoms with Crippen LogP contribution in [-0.2, 0) is 0 Å². The van der Waals surface area contributed by atoms with Crippen molar-refractivity contribution in [3.05, 3.63) is 91.0 Å². The molecule has 0 aliphatic heterocycles. The van der Waals surface area contributed by atoms with Gasteiger partial charge in [-0.05, 0) is 43.5 Å². The lowest BCUT2D eigenvalue weighted by Gasteiger charge is -2.18. The summed E-state index contributed by atoms with van der Waals surface area (Å²) in [6.07, 6.45) is 0. The van der Waals surface area contributed by atoms with E-state index in [1.54, 1.807) is 0 Å². The maximum atomic E-state index is 4.83. The molecule has 3 aromatic carbocycles. The summed E-state index contributed by atoms with van der Waals surface area (Å²) >= 11 is 19.3. The van der Waals surface area contributed by atoms with Crippen molar-refractivity contribution in [2.75, 3.05) is 19.6 Å². The first-order chi connectivity index (χ1) is 14.8. The van der Waals surface area contributed by atoms with Gasteiger partial charge in [0.2, 0.25) is 0 Å². The van der Waals surface area contributed by atoms with Crippen LogP contribution in [-0.4, -0.2) is 27.8 Å². The van der Waals surface area contributed by atoms with Crippen LogP contribution in [0.25, 0.3) is 0 Å². The van der Waals surface area contributed by atoms with Gasteiger partial charge in [-0.15, -0.1) is 0 Å². The summed E-state index contributed by atoms with van der Waals surface area (Å²) in [6, 6.07) is 32.3. The highest BCUT2D eigenvalue weighted by Crippen LogP contribution is 2.32. The third kappa shape index (κ3) is 12.7. The molecule has 168 valence electrons. The maximum Gasteiger partial charge on any atom is 0.266 e. The molecule has 3 aromatic rings. The van der Waals surface area contributed by atoms with Crippen molar-refractivity contribution in [2.45, 2.75) is 24.0 Å². The minimum Gasteiger partial charge on any atom is -0.304 e. The molecule has 0 saturated heterocycles. The van der Waals surface area contributed by atoms with Crippen molar-refractivity contribution >= 4 is 70.2 Å². The Balaban J connectivity index is 0.000000334. The fraction of sp³-hybridized carbons (Fsp3) is 0.280. The summed E-state index contributed by atoms with van der Waals surface area (Å²) in [5.41, 5.74) is 0. The number of nitrogens with zero attached hydrogens (tertiary/aromatic N) is 1. The highest BCUT2D eigenvalue weighted by molar-refractivity contribution is 7.79. The molecule has 0 amide bonds. The van der Waals surface area contributed by atoms with E-state index in [0.29, 0.717) is 0 Å². The zero-order valence-corrected chi connectivity index (χ0v) is 22.1. The fourth-order valence-electron chi connectivity index (χ4n) is 2.85. The molecule has 0 unspecified atom stereocenters. The van der Waals surface area contributed by atoms with Gasteiger partial charge in [0.1, 0.15) is 0 Å². The Labute approximate surface area is 209 Å². The van der Waals surface area contributed by atoms with Crippen LogP contribution in [0.15, 0.2) is 91.0 Å². The average Bonchev–Trinajstić information content (AvgIpc) is 2.77.